The van der Waals surface area contributed by atoms with Crippen molar-refractivity contribution >= 4 is 27.2 Å². The zero-order valence-corrected chi connectivity index (χ0v) is 11.5. The van der Waals surface area contributed by atoms with Crippen molar-refractivity contribution < 1.29 is 20.0 Å². The van der Waals surface area contributed by atoms with Crippen LogP contribution in [-0.4, -0.2) is 22.6 Å². The van der Waals surface area contributed by atoms with Gasteiger partial charge in [-0.05, 0) is 0 Å². The summed E-state index contributed by atoms with van der Waals surface area (Å²) < 4.78 is 5.95. The Morgan fingerprint density at radius 1 is 1.53 bits per heavy atom. The zero-order chi connectivity index (χ0) is 12.4. The predicted molar refractivity (Wildman–Crippen MR) is 69.3 cm³/mol. The van der Waals surface area contributed by atoms with Gasteiger partial charge in [0.15, 0.2) is 0 Å². The summed E-state index contributed by atoms with van der Waals surface area (Å²) in [5.41, 5.74) is 3.05. The molecule has 5 heteroatoms. The Bertz CT molecular complexity index is 460. The molecule has 0 aromatic heterocycles. The summed E-state index contributed by atoms with van der Waals surface area (Å²) >= 11 is 5.97. The Morgan fingerprint density at radius 3 is 2.88 bits per heavy atom. The number of nitrogens with zero attached hydrogens (tertiary/aromatic N) is 1. The average Bonchev–Trinajstić information content (AvgIpc) is 2.62. The molecule has 0 bridgehead atoms. The van der Waals surface area contributed by atoms with E-state index in [0.717, 1.165) is 27.1 Å². The van der Waals surface area contributed by atoms with Crippen molar-refractivity contribution in [2.24, 2.45) is 0 Å². The van der Waals surface area contributed by atoms with Crippen molar-refractivity contribution in [3.05, 3.63) is 35.9 Å². The molecule has 1 aromatic carbocycles. The van der Waals surface area contributed by atoms with Crippen LogP contribution < -0.4 is 4.90 Å². The normalized spacial score (nSPS) is 15.6. The number of ether oxygens (including phenoxy) is 1. The van der Waals surface area contributed by atoms with Crippen LogP contribution in [0.1, 0.15) is 11.1 Å². The summed E-state index contributed by atoms with van der Waals surface area (Å²) in [5, 5.41) is 8.44. The second-order valence-corrected chi connectivity index (χ2v) is 5.26. The third-order valence-corrected chi connectivity index (χ3v) is 3.94. The van der Waals surface area contributed by atoms with Gasteiger partial charge in [-0.15, -0.1) is 0 Å². The summed E-state index contributed by atoms with van der Waals surface area (Å²) in [5.74, 6) is 0.749. The molecule has 1 fully saturated rings. The fourth-order valence-electron chi connectivity index (χ4n) is 1.67. The number of hydrogen-bond donors (Lipinski definition) is 1. The minimum atomic E-state index is 0.504. The molecule has 0 atom stereocenters. The summed E-state index contributed by atoms with van der Waals surface area (Å²) in [4.78, 5) is 1.85. The number of methoxy groups -OCH3 is 1. The molecule has 1 saturated heterocycles. The number of aryl methyl sites for hydroxylation is 1. The molecule has 17 heavy (non-hydrogen) atoms. The fraction of sp³-hybridized carbons (Fsp3) is 0.250. The molecule has 1 N–H and O–H groups in total. The molecular weight excluding hydrogens is 279 g/mol. The SMILES string of the molecule is CO[CH-]c1ccc(C)cc1N1C(=N)SC[C]1=[Co]. The van der Waals surface area contributed by atoms with Crippen molar-refractivity contribution in [3.63, 3.8) is 0 Å². The maximum atomic E-state index is 7.94. The van der Waals surface area contributed by atoms with Crippen molar-refractivity contribution in [1.29, 1.82) is 5.41 Å². The van der Waals surface area contributed by atoms with E-state index in [0.29, 0.717) is 5.17 Å². The van der Waals surface area contributed by atoms with Gasteiger partial charge in [-0.3, -0.25) is 0 Å². The topological polar surface area (TPSA) is 36.3 Å². The quantitative estimate of drug-likeness (QED) is 0.869. The van der Waals surface area contributed by atoms with Gasteiger partial charge in [-0.2, -0.15) is 0 Å². The van der Waals surface area contributed by atoms with Crippen LogP contribution in [0.5, 0.6) is 0 Å². The number of amidine groups is 1. The van der Waals surface area contributed by atoms with Crippen molar-refractivity contribution in [2.45, 2.75) is 6.92 Å². The number of anilines is 1. The van der Waals surface area contributed by atoms with Crippen molar-refractivity contribution in [3.8, 4) is 0 Å². The Kier molecular flexibility index (Phi) is 3.93. The molecule has 93 valence electrons. The number of hydrogen-bond acceptors (Lipinski definition) is 3. The first-order valence-electron chi connectivity index (χ1n) is 5.10. The Hall–Kier alpha value is -0.754. The van der Waals surface area contributed by atoms with Gasteiger partial charge in [-0.25, -0.2) is 0 Å². The second kappa shape index (κ2) is 5.26. The van der Waals surface area contributed by atoms with E-state index in [9.17, 15) is 0 Å². The first-order valence-corrected chi connectivity index (χ1v) is 6.61. The summed E-state index contributed by atoms with van der Waals surface area (Å²) in [6.45, 7) is 3.72. The molecular formula is C12H13CoN2OS-. The van der Waals surface area contributed by atoms with E-state index in [1.165, 1.54) is 11.8 Å². The minimum absolute atomic E-state index is 0.504. The van der Waals surface area contributed by atoms with Crippen LogP contribution in [0, 0.1) is 18.9 Å². The molecule has 2 rings (SSSR count). The van der Waals surface area contributed by atoms with Crippen LogP contribution >= 0.6 is 11.8 Å². The Balaban J connectivity index is 2.45. The van der Waals surface area contributed by atoms with E-state index in [2.05, 4.69) is 15.3 Å². The van der Waals surface area contributed by atoms with E-state index in [1.807, 2.05) is 30.0 Å². The summed E-state index contributed by atoms with van der Waals surface area (Å²) in [6.07, 6.45) is 0. The first kappa shape index (κ1) is 12.7. The number of rotatable bonds is 3. The number of benzene rings is 1. The molecule has 0 spiro atoms. The second-order valence-electron chi connectivity index (χ2n) is 3.70. The molecule has 0 amide bonds. The van der Waals surface area contributed by atoms with E-state index < -0.39 is 0 Å². The average molecular weight is 292 g/mol. The maximum absolute atomic E-state index is 7.94. The van der Waals surface area contributed by atoms with E-state index >= 15 is 0 Å². The molecule has 1 aliphatic heterocycles. The van der Waals surface area contributed by atoms with E-state index in [1.54, 1.807) is 13.7 Å². The molecule has 1 heterocycles. The van der Waals surface area contributed by atoms with Crippen molar-refractivity contribution in [2.75, 3.05) is 17.8 Å². The van der Waals surface area contributed by atoms with Crippen LogP contribution in [0.4, 0.5) is 5.69 Å². The molecule has 1 aliphatic rings. The van der Waals surface area contributed by atoms with Gasteiger partial charge < -0.3 is 0 Å². The summed E-state index contributed by atoms with van der Waals surface area (Å²) in [7, 11) is 1.62. The standard InChI is InChI=1S/C12H13N2OS.Co/c1-9-3-4-10(8-15-2)11(7-9)14-5-6-16-12(14)13;/h3-4,7-8,13H,6H2,1-2H3;/q-1;. The van der Waals surface area contributed by atoms with Gasteiger partial charge in [0.05, 0.1) is 0 Å². The van der Waals surface area contributed by atoms with Crippen LogP contribution in [0.2, 0.25) is 0 Å². The predicted octanol–water partition coefficient (Wildman–Crippen LogP) is 2.32. The number of thioether (sulfide) groups is 1. The van der Waals surface area contributed by atoms with Gasteiger partial charge in [-0.1, -0.05) is 0 Å². The third kappa shape index (κ3) is 2.57. The van der Waals surface area contributed by atoms with E-state index in [-0.39, 0.29) is 0 Å². The monoisotopic (exact) mass is 292 g/mol. The molecule has 0 aliphatic carbocycles. The third-order valence-electron chi connectivity index (χ3n) is 2.43. The molecule has 0 saturated carbocycles. The van der Waals surface area contributed by atoms with Gasteiger partial charge in [0.2, 0.25) is 0 Å². The molecule has 1 aromatic rings. The first-order chi connectivity index (χ1) is 8.13. The Labute approximate surface area is 113 Å². The van der Waals surface area contributed by atoms with Crippen LogP contribution in [0.25, 0.3) is 0 Å². The Morgan fingerprint density at radius 2 is 2.29 bits per heavy atom. The van der Waals surface area contributed by atoms with Gasteiger partial charge >= 0.3 is 113 Å². The van der Waals surface area contributed by atoms with Crippen LogP contribution in [0.15, 0.2) is 18.2 Å². The molecule has 0 unspecified atom stereocenters. The van der Waals surface area contributed by atoms with Crippen molar-refractivity contribution in [1.82, 2.24) is 0 Å². The summed E-state index contributed by atoms with van der Waals surface area (Å²) in [6, 6.07) is 6.06. The number of nitrogens with one attached hydrogen (secondary N) is 1. The van der Waals surface area contributed by atoms with Crippen LogP contribution in [0.3, 0.4) is 0 Å². The van der Waals surface area contributed by atoms with Gasteiger partial charge in [0, 0.05) is 0 Å². The van der Waals surface area contributed by atoms with E-state index in [4.69, 9.17) is 10.1 Å². The van der Waals surface area contributed by atoms with Gasteiger partial charge in [0.25, 0.3) is 0 Å². The molecule has 3 nitrogen and oxygen atoms in total. The molecule has 0 radical (unpaired) electrons. The zero-order valence-electron chi connectivity index (χ0n) is 9.61. The van der Waals surface area contributed by atoms with Crippen LogP contribution in [-0.2, 0) is 20.0 Å². The van der Waals surface area contributed by atoms with Gasteiger partial charge in [0.1, 0.15) is 0 Å². The fourth-order valence-corrected chi connectivity index (χ4v) is 2.92.